The average Bonchev–Trinajstić information content (AvgIpc) is 3.11. The molecule has 9 heteroatoms. The molecule has 1 aliphatic rings. The third-order valence-corrected chi connectivity index (χ3v) is 8.69. The van der Waals surface area contributed by atoms with Crippen LogP contribution in [-0.4, -0.2) is 38.3 Å². The molecule has 0 radical (unpaired) electrons. The molecule has 1 aromatic carbocycles. The van der Waals surface area contributed by atoms with E-state index in [-0.39, 0.29) is 18.4 Å². The number of carbonyl (C=O) groups is 1. The van der Waals surface area contributed by atoms with Crippen LogP contribution < -0.4 is 5.32 Å². The molecule has 0 saturated carbocycles. The molecule has 2 heterocycles. The first-order valence-corrected chi connectivity index (χ1v) is 12.1. The Morgan fingerprint density at radius 1 is 1.29 bits per heavy atom. The highest BCUT2D eigenvalue weighted by Crippen LogP contribution is 2.28. The average molecular weight is 461 g/mol. The number of rotatable bonds is 6. The molecule has 1 atom stereocenters. The first-order valence-electron chi connectivity index (χ1n) is 9.05. The maximum Gasteiger partial charge on any atom is 0.252 e. The highest BCUT2D eigenvalue weighted by atomic mass is 35.5. The molecule has 1 saturated heterocycles. The van der Waals surface area contributed by atoms with Gasteiger partial charge < -0.3 is 5.32 Å². The summed E-state index contributed by atoms with van der Waals surface area (Å²) in [6.45, 7) is 2.98. The number of thiophene rings is 1. The van der Waals surface area contributed by atoms with E-state index in [4.69, 9.17) is 23.2 Å². The maximum atomic E-state index is 12.8. The van der Waals surface area contributed by atoms with E-state index in [0.717, 1.165) is 10.4 Å². The molecular weight excluding hydrogens is 439 g/mol. The van der Waals surface area contributed by atoms with Crippen LogP contribution in [0.25, 0.3) is 0 Å². The SMILES string of the molecule is Cc1ccc(S(=O)(=O)N2CCCC(C(=O)NCCc3ccc(Cl)cc3Cl)C2)s1. The van der Waals surface area contributed by atoms with Crippen LogP contribution in [-0.2, 0) is 21.2 Å². The summed E-state index contributed by atoms with van der Waals surface area (Å²) in [6.07, 6.45) is 1.94. The van der Waals surface area contributed by atoms with E-state index in [0.29, 0.717) is 46.6 Å². The lowest BCUT2D eigenvalue weighted by Gasteiger charge is -2.30. The van der Waals surface area contributed by atoms with E-state index in [1.54, 1.807) is 24.3 Å². The van der Waals surface area contributed by atoms with Gasteiger partial charge in [0.25, 0.3) is 10.0 Å². The van der Waals surface area contributed by atoms with Crippen LogP contribution in [0.1, 0.15) is 23.3 Å². The second-order valence-electron chi connectivity index (χ2n) is 6.84. The summed E-state index contributed by atoms with van der Waals surface area (Å²) in [5, 5.41) is 4.05. The lowest BCUT2D eigenvalue weighted by Crippen LogP contribution is -2.45. The Bertz CT molecular complexity index is 960. The number of benzene rings is 1. The van der Waals surface area contributed by atoms with Gasteiger partial charge in [-0.1, -0.05) is 29.3 Å². The predicted molar refractivity (Wildman–Crippen MR) is 114 cm³/mol. The van der Waals surface area contributed by atoms with Gasteiger partial charge in [0.1, 0.15) is 4.21 Å². The predicted octanol–water partition coefficient (Wildman–Crippen LogP) is 4.12. The molecule has 1 fully saturated rings. The van der Waals surface area contributed by atoms with Crippen molar-refractivity contribution in [2.24, 2.45) is 5.92 Å². The third kappa shape index (κ3) is 5.07. The van der Waals surface area contributed by atoms with Crippen LogP contribution in [0.4, 0.5) is 0 Å². The van der Waals surface area contributed by atoms with Gasteiger partial charge in [-0.15, -0.1) is 11.3 Å². The van der Waals surface area contributed by atoms with Crippen molar-refractivity contribution in [3.8, 4) is 0 Å². The van der Waals surface area contributed by atoms with Crippen molar-refractivity contribution in [2.45, 2.75) is 30.4 Å². The van der Waals surface area contributed by atoms with E-state index in [9.17, 15) is 13.2 Å². The van der Waals surface area contributed by atoms with Gasteiger partial charge in [-0.2, -0.15) is 4.31 Å². The molecule has 3 rings (SSSR count). The van der Waals surface area contributed by atoms with Gasteiger partial charge >= 0.3 is 0 Å². The van der Waals surface area contributed by atoms with Crippen LogP contribution >= 0.6 is 34.5 Å². The normalized spacial score (nSPS) is 18.2. The zero-order valence-electron chi connectivity index (χ0n) is 15.5. The molecule has 2 aromatic rings. The highest BCUT2D eigenvalue weighted by Gasteiger charge is 2.33. The van der Waals surface area contributed by atoms with E-state index in [1.165, 1.54) is 15.6 Å². The summed E-state index contributed by atoms with van der Waals surface area (Å²) < 4.78 is 27.4. The number of nitrogens with one attached hydrogen (secondary N) is 1. The minimum Gasteiger partial charge on any atom is -0.355 e. The van der Waals surface area contributed by atoms with Gasteiger partial charge in [-0.25, -0.2) is 8.42 Å². The maximum absolute atomic E-state index is 12.8. The summed E-state index contributed by atoms with van der Waals surface area (Å²) in [7, 11) is -3.54. The van der Waals surface area contributed by atoms with Crippen molar-refractivity contribution in [3.05, 3.63) is 50.8 Å². The Balaban J connectivity index is 1.57. The van der Waals surface area contributed by atoms with Gasteiger partial charge in [-0.3, -0.25) is 4.79 Å². The molecule has 5 nitrogen and oxygen atoms in total. The van der Waals surface area contributed by atoms with Gasteiger partial charge in [0.15, 0.2) is 0 Å². The molecule has 152 valence electrons. The van der Waals surface area contributed by atoms with Crippen LogP contribution in [0, 0.1) is 12.8 Å². The molecule has 28 heavy (non-hydrogen) atoms. The van der Waals surface area contributed by atoms with Crippen molar-refractivity contribution in [1.82, 2.24) is 9.62 Å². The first kappa shape index (κ1) is 21.6. The van der Waals surface area contributed by atoms with Crippen LogP contribution in [0.2, 0.25) is 10.0 Å². The molecular formula is C19H22Cl2N2O3S2. The molecule has 0 aliphatic carbocycles. The summed E-state index contributed by atoms with van der Waals surface area (Å²) in [6, 6.07) is 8.72. The molecule has 1 aliphatic heterocycles. The van der Waals surface area contributed by atoms with Crippen LogP contribution in [0.5, 0.6) is 0 Å². The van der Waals surface area contributed by atoms with Crippen molar-refractivity contribution in [1.29, 1.82) is 0 Å². The highest BCUT2D eigenvalue weighted by molar-refractivity contribution is 7.91. The summed E-state index contributed by atoms with van der Waals surface area (Å²) in [5.41, 5.74) is 0.910. The fraction of sp³-hybridized carbons (Fsp3) is 0.421. The fourth-order valence-corrected chi connectivity index (χ4v) is 6.71. The molecule has 1 unspecified atom stereocenters. The number of nitrogens with zero attached hydrogens (tertiary/aromatic N) is 1. The number of hydrogen-bond acceptors (Lipinski definition) is 4. The van der Waals surface area contributed by atoms with Gasteiger partial charge in [0.05, 0.1) is 5.92 Å². The minimum atomic E-state index is -3.54. The zero-order valence-corrected chi connectivity index (χ0v) is 18.6. The van der Waals surface area contributed by atoms with Crippen LogP contribution in [0.3, 0.4) is 0 Å². The second-order valence-corrected chi connectivity index (χ2v) is 11.1. The van der Waals surface area contributed by atoms with Crippen molar-refractivity contribution in [3.63, 3.8) is 0 Å². The van der Waals surface area contributed by atoms with Crippen molar-refractivity contribution >= 4 is 50.5 Å². The molecule has 0 spiro atoms. The quantitative estimate of drug-likeness (QED) is 0.704. The Labute approximate surface area is 179 Å². The summed E-state index contributed by atoms with van der Waals surface area (Å²) in [5.74, 6) is -0.461. The van der Waals surface area contributed by atoms with Crippen LogP contribution in [0.15, 0.2) is 34.5 Å². The number of amides is 1. The van der Waals surface area contributed by atoms with Crippen molar-refractivity contribution in [2.75, 3.05) is 19.6 Å². The summed E-state index contributed by atoms with van der Waals surface area (Å²) in [4.78, 5) is 13.5. The van der Waals surface area contributed by atoms with E-state index < -0.39 is 10.0 Å². The van der Waals surface area contributed by atoms with E-state index >= 15 is 0 Å². The number of halogens is 2. The van der Waals surface area contributed by atoms with Crippen molar-refractivity contribution < 1.29 is 13.2 Å². The van der Waals surface area contributed by atoms with Gasteiger partial charge in [0.2, 0.25) is 5.91 Å². The molecule has 1 aromatic heterocycles. The zero-order chi connectivity index (χ0) is 20.3. The summed E-state index contributed by atoms with van der Waals surface area (Å²) >= 11 is 13.3. The monoisotopic (exact) mass is 460 g/mol. The minimum absolute atomic E-state index is 0.118. The number of aryl methyl sites for hydroxylation is 1. The lowest BCUT2D eigenvalue weighted by molar-refractivity contribution is -0.126. The Kier molecular flexibility index (Phi) is 7.04. The third-order valence-electron chi connectivity index (χ3n) is 4.77. The second kappa shape index (κ2) is 9.13. The lowest BCUT2D eigenvalue weighted by atomic mass is 9.99. The molecule has 1 N–H and O–H groups in total. The van der Waals surface area contributed by atoms with E-state index in [2.05, 4.69) is 5.32 Å². The first-order chi connectivity index (χ1) is 13.3. The Hall–Kier alpha value is -1.12. The van der Waals surface area contributed by atoms with E-state index in [1.807, 2.05) is 13.0 Å². The molecule has 1 amide bonds. The Morgan fingerprint density at radius 3 is 2.75 bits per heavy atom. The fourth-order valence-electron chi connectivity index (χ4n) is 3.24. The number of sulfonamides is 1. The van der Waals surface area contributed by atoms with Gasteiger partial charge in [-0.05, 0) is 56.0 Å². The van der Waals surface area contributed by atoms with Gasteiger partial charge in [0, 0.05) is 34.6 Å². The number of hydrogen-bond donors (Lipinski definition) is 1. The molecule has 0 bridgehead atoms. The number of carbonyl (C=O) groups excluding carboxylic acids is 1. The topological polar surface area (TPSA) is 66.5 Å². The standard InChI is InChI=1S/C19H22Cl2N2O3S2/c1-13-4-7-18(27-13)28(25,26)23-10-2-3-15(12-23)19(24)22-9-8-14-5-6-16(20)11-17(14)21/h4-7,11,15H,2-3,8-10,12H2,1H3,(H,22,24). The largest absolute Gasteiger partial charge is 0.355 e. The number of piperidine rings is 1. The smallest absolute Gasteiger partial charge is 0.252 e. The Morgan fingerprint density at radius 2 is 2.07 bits per heavy atom.